The molecule has 5 nitrogen and oxygen atoms in total. The van der Waals surface area contributed by atoms with Crippen molar-refractivity contribution in [1.82, 2.24) is 9.88 Å². The van der Waals surface area contributed by atoms with E-state index in [1.165, 1.54) is 11.1 Å². The summed E-state index contributed by atoms with van der Waals surface area (Å²) < 4.78 is 5.87. The van der Waals surface area contributed by atoms with Crippen molar-refractivity contribution in [3.63, 3.8) is 0 Å². The van der Waals surface area contributed by atoms with E-state index >= 15 is 0 Å². The number of anilines is 1. The number of ether oxygens (including phenoxy) is 1. The lowest BCUT2D eigenvalue weighted by Gasteiger charge is -2.28. The van der Waals surface area contributed by atoms with Gasteiger partial charge in [0.2, 0.25) is 0 Å². The van der Waals surface area contributed by atoms with Gasteiger partial charge in [0.05, 0.1) is 18.2 Å². The second-order valence-electron chi connectivity index (χ2n) is 8.67. The van der Waals surface area contributed by atoms with Crippen molar-refractivity contribution in [2.75, 3.05) is 18.5 Å². The summed E-state index contributed by atoms with van der Waals surface area (Å²) in [6, 6.07) is 14.5. The molecule has 0 unspecified atom stereocenters. The summed E-state index contributed by atoms with van der Waals surface area (Å²) in [5.74, 6) is 0. The molecule has 2 heterocycles. The fourth-order valence-corrected chi connectivity index (χ4v) is 4.59. The van der Waals surface area contributed by atoms with Crippen LogP contribution in [0.3, 0.4) is 0 Å². The Morgan fingerprint density at radius 2 is 2.00 bits per heavy atom. The molecule has 1 aliphatic rings. The van der Waals surface area contributed by atoms with Crippen LogP contribution in [-0.4, -0.2) is 34.3 Å². The van der Waals surface area contributed by atoms with Crippen molar-refractivity contribution in [3.8, 4) is 0 Å². The zero-order valence-electron chi connectivity index (χ0n) is 19.0. The third kappa shape index (κ3) is 5.19. The Morgan fingerprint density at radius 1 is 1.22 bits per heavy atom. The van der Waals surface area contributed by atoms with Crippen LogP contribution >= 0.6 is 12.2 Å². The van der Waals surface area contributed by atoms with Gasteiger partial charge in [0.15, 0.2) is 5.11 Å². The Hall–Kier alpha value is -2.70. The summed E-state index contributed by atoms with van der Waals surface area (Å²) in [5, 5.41) is 5.00. The van der Waals surface area contributed by atoms with Gasteiger partial charge >= 0.3 is 0 Å². The summed E-state index contributed by atoms with van der Waals surface area (Å²) in [5.41, 5.74) is 6.01. The SMILES string of the molecule is CCc1ccc(NC(=S)N(Cc2cc3cc(C)cc(C)c3[nH]c2=O)C[C@H]2CCCO2)cc1. The first-order valence-corrected chi connectivity index (χ1v) is 11.7. The molecule has 1 aliphatic heterocycles. The first kappa shape index (κ1) is 22.5. The minimum Gasteiger partial charge on any atom is -0.376 e. The number of aryl methyl sites for hydroxylation is 3. The molecule has 6 heteroatoms. The fourth-order valence-electron chi connectivity index (χ4n) is 4.33. The average molecular weight is 450 g/mol. The third-order valence-electron chi connectivity index (χ3n) is 6.08. The lowest BCUT2D eigenvalue weighted by Crippen LogP contribution is -2.40. The van der Waals surface area contributed by atoms with Gasteiger partial charge in [0.1, 0.15) is 0 Å². The Morgan fingerprint density at radius 3 is 2.69 bits per heavy atom. The van der Waals surface area contributed by atoms with Crippen LogP contribution in [0, 0.1) is 13.8 Å². The molecular formula is C26H31N3O2S. The standard InChI is InChI=1S/C26H31N3O2S/c1-4-19-7-9-22(10-8-19)27-26(32)29(16-23-6-5-11-31-23)15-21-14-20-13-17(2)12-18(3)24(20)28-25(21)30/h7-10,12-14,23H,4-6,11,15-16H2,1-3H3,(H,27,32)(H,28,30)/t23-/m1/s1. The highest BCUT2D eigenvalue weighted by molar-refractivity contribution is 7.80. The number of nitrogens with zero attached hydrogens (tertiary/aromatic N) is 1. The monoisotopic (exact) mass is 449 g/mol. The van der Waals surface area contributed by atoms with E-state index < -0.39 is 0 Å². The van der Waals surface area contributed by atoms with E-state index in [0.717, 1.165) is 48.0 Å². The third-order valence-corrected chi connectivity index (χ3v) is 6.44. The maximum atomic E-state index is 12.9. The van der Waals surface area contributed by atoms with Gasteiger partial charge in [-0.25, -0.2) is 0 Å². The number of fused-ring (bicyclic) bond motifs is 1. The van der Waals surface area contributed by atoms with Gasteiger partial charge < -0.3 is 19.9 Å². The maximum absolute atomic E-state index is 12.9. The van der Waals surface area contributed by atoms with Gasteiger partial charge in [-0.05, 0) is 86.1 Å². The van der Waals surface area contributed by atoms with Crippen molar-refractivity contribution in [3.05, 3.63) is 75.1 Å². The average Bonchev–Trinajstić information content (AvgIpc) is 3.28. The number of aromatic nitrogens is 1. The number of hydrogen-bond acceptors (Lipinski definition) is 3. The highest BCUT2D eigenvalue weighted by Gasteiger charge is 2.22. The van der Waals surface area contributed by atoms with E-state index in [0.29, 0.717) is 23.8 Å². The van der Waals surface area contributed by atoms with Crippen LogP contribution in [-0.2, 0) is 17.7 Å². The van der Waals surface area contributed by atoms with Crippen LogP contribution in [0.1, 0.15) is 42.0 Å². The predicted molar refractivity (Wildman–Crippen MR) is 135 cm³/mol. The van der Waals surface area contributed by atoms with E-state index in [1.54, 1.807) is 0 Å². The topological polar surface area (TPSA) is 57.4 Å². The van der Waals surface area contributed by atoms with E-state index in [9.17, 15) is 4.79 Å². The summed E-state index contributed by atoms with van der Waals surface area (Å²) in [6.07, 6.45) is 3.20. The molecule has 1 saturated heterocycles. The smallest absolute Gasteiger partial charge is 0.253 e. The quantitative estimate of drug-likeness (QED) is 0.514. The van der Waals surface area contributed by atoms with Crippen LogP contribution in [0.2, 0.25) is 0 Å². The lowest BCUT2D eigenvalue weighted by atomic mass is 10.1. The molecule has 4 rings (SSSR count). The van der Waals surface area contributed by atoms with Crippen molar-refractivity contribution in [2.45, 2.75) is 52.7 Å². The molecule has 0 radical (unpaired) electrons. The number of H-pyrrole nitrogens is 1. The number of benzene rings is 2. The molecule has 2 N–H and O–H groups in total. The van der Waals surface area contributed by atoms with E-state index in [1.807, 2.05) is 25.1 Å². The van der Waals surface area contributed by atoms with Crippen LogP contribution in [0.5, 0.6) is 0 Å². The maximum Gasteiger partial charge on any atom is 0.253 e. The summed E-state index contributed by atoms with van der Waals surface area (Å²) >= 11 is 5.78. The number of aromatic amines is 1. The number of thiocarbonyl (C=S) groups is 1. The number of hydrogen-bond donors (Lipinski definition) is 2. The lowest BCUT2D eigenvalue weighted by molar-refractivity contribution is 0.0904. The van der Waals surface area contributed by atoms with Crippen molar-refractivity contribution >= 4 is 33.9 Å². The molecule has 0 saturated carbocycles. The summed E-state index contributed by atoms with van der Waals surface area (Å²) in [6.45, 7) is 8.11. The molecule has 2 aromatic carbocycles. The molecule has 0 bridgehead atoms. The van der Waals surface area contributed by atoms with Gasteiger partial charge in [-0.2, -0.15) is 0 Å². The molecule has 3 aromatic rings. The molecular weight excluding hydrogens is 418 g/mol. The predicted octanol–water partition coefficient (Wildman–Crippen LogP) is 5.09. The zero-order chi connectivity index (χ0) is 22.7. The van der Waals surface area contributed by atoms with E-state index in [4.69, 9.17) is 17.0 Å². The number of rotatable bonds is 6. The van der Waals surface area contributed by atoms with Gasteiger partial charge in [-0.3, -0.25) is 4.79 Å². The van der Waals surface area contributed by atoms with Crippen molar-refractivity contribution in [1.29, 1.82) is 0 Å². The second kappa shape index (κ2) is 9.84. The van der Waals surface area contributed by atoms with Crippen molar-refractivity contribution in [2.24, 2.45) is 0 Å². The Labute approximate surface area is 194 Å². The molecule has 1 atom stereocenters. The zero-order valence-corrected chi connectivity index (χ0v) is 19.8. The van der Waals surface area contributed by atoms with Crippen molar-refractivity contribution < 1.29 is 4.74 Å². The Bertz CT molecular complexity index is 1160. The van der Waals surface area contributed by atoms with E-state index in [2.05, 4.69) is 53.3 Å². The first-order chi connectivity index (χ1) is 15.4. The highest BCUT2D eigenvalue weighted by atomic mass is 32.1. The molecule has 1 fully saturated rings. The molecule has 168 valence electrons. The van der Waals surface area contributed by atoms with Gasteiger partial charge in [0.25, 0.3) is 5.56 Å². The first-order valence-electron chi connectivity index (χ1n) is 11.3. The molecule has 0 aliphatic carbocycles. The number of nitrogens with one attached hydrogen (secondary N) is 2. The van der Waals surface area contributed by atoms with Crippen LogP contribution in [0.4, 0.5) is 5.69 Å². The van der Waals surface area contributed by atoms with Crippen LogP contribution in [0.25, 0.3) is 10.9 Å². The Kier molecular flexibility index (Phi) is 6.92. The molecule has 0 amide bonds. The molecule has 32 heavy (non-hydrogen) atoms. The second-order valence-corrected chi connectivity index (χ2v) is 9.05. The number of pyridine rings is 1. The minimum atomic E-state index is -0.0723. The van der Waals surface area contributed by atoms with Gasteiger partial charge in [-0.15, -0.1) is 0 Å². The van der Waals surface area contributed by atoms with Gasteiger partial charge in [-0.1, -0.05) is 30.7 Å². The molecule has 0 spiro atoms. The van der Waals surface area contributed by atoms with Crippen LogP contribution < -0.4 is 10.9 Å². The Balaban J connectivity index is 1.60. The van der Waals surface area contributed by atoms with Crippen LogP contribution in [0.15, 0.2) is 47.3 Å². The van der Waals surface area contributed by atoms with Gasteiger partial charge in [0, 0.05) is 24.4 Å². The summed E-state index contributed by atoms with van der Waals surface area (Å²) in [7, 11) is 0. The summed E-state index contributed by atoms with van der Waals surface area (Å²) in [4.78, 5) is 18.0. The largest absolute Gasteiger partial charge is 0.376 e. The minimum absolute atomic E-state index is 0.0723. The van der Waals surface area contributed by atoms with E-state index in [-0.39, 0.29) is 11.7 Å². The molecule has 1 aromatic heterocycles. The normalized spacial score (nSPS) is 15.8. The highest BCUT2D eigenvalue weighted by Crippen LogP contribution is 2.20. The fraction of sp³-hybridized carbons (Fsp3) is 0.385.